The first-order valence-electron chi connectivity index (χ1n) is 7.99. The number of ether oxygens (including phenoxy) is 1. The standard InChI is InChI=1S/C17H17ClN4O2/c18-13-3-1-2-11(8-13)9-14-15(12-4-6-24-7-5-12)21-17-19-10-20-22(17)16(14)23/h1-3,8,10,12H,4-7,9H2,(H,19,20,21). The van der Waals surface area contributed by atoms with Gasteiger partial charge in [-0.05, 0) is 30.5 Å². The van der Waals surface area contributed by atoms with Crippen LogP contribution in [0.4, 0.5) is 0 Å². The number of hydrogen-bond donors (Lipinski definition) is 1. The van der Waals surface area contributed by atoms with Gasteiger partial charge in [-0.15, -0.1) is 0 Å². The molecule has 1 N–H and O–H groups in total. The molecule has 0 unspecified atom stereocenters. The molecule has 3 aromatic rings. The summed E-state index contributed by atoms with van der Waals surface area (Å²) in [5.74, 6) is 0.749. The van der Waals surface area contributed by atoms with Gasteiger partial charge in [-0.2, -0.15) is 14.6 Å². The lowest BCUT2D eigenvalue weighted by molar-refractivity contribution is 0.0843. The van der Waals surface area contributed by atoms with Gasteiger partial charge in [0.1, 0.15) is 6.33 Å². The zero-order valence-electron chi connectivity index (χ0n) is 13.0. The summed E-state index contributed by atoms with van der Waals surface area (Å²) in [6.07, 6.45) is 3.69. The highest BCUT2D eigenvalue weighted by Gasteiger charge is 2.23. The van der Waals surface area contributed by atoms with Crippen molar-refractivity contribution in [1.82, 2.24) is 19.6 Å². The molecule has 0 bridgehead atoms. The van der Waals surface area contributed by atoms with Crippen LogP contribution in [0.25, 0.3) is 5.78 Å². The van der Waals surface area contributed by atoms with Crippen LogP contribution >= 0.6 is 11.6 Å². The smallest absolute Gasteiger partial charge is 0.279 e. The molecule has 1 fully saturated rings. The second-order valence-corrected chi connectivity index (χ2v) is 6.45. The van der Waals surface area contributed by atoms with Crippen molar-refractivity contribution in [3.05, 3.63) is 62.8 Å². The van der Waals surface area contributed by atoms with Crippen LogP contribution in [0.5, 0.6) is 0 Å². The molecule has 1 aromatic carbocycles. The molecule has 1 aliphatic rings. The Morgan fingerprint density at radius 2 is 2.17 bits per heavy atom. The topological polar surface area (TPSA) is 72.3 Å². The lowest BCUT2D eigenvalue weighted by Gasteiger charge is -2.24. The molecule has 4 rings (SSSR count). The summed E-state index contributed by atoms with van der Waals surface area (Å²) in [5, 5.41) is 4.70. The lowest BCUT2D eigenvalue weighted by Crippen LogP contribution is -2.26. The fourth-order valence-electron chi connectivity index (χ4n) is 3.27. The van der Waals surface area contributed by atoms with Crippen molar-refractivity contribution < 1.29 is 4.74 Å². The molecule has 6 nitrogen and oxygen atoms in total. The Bertz CT molecular complexity index is 928. The van der Waals surface area contributed by atoms with Gasteiger partial charge in [-0.25, -0.2) is 0 Å². The summed E-state index contributed by atoms with van der Waals surface area (Å²) in [6, 6.07) is 7.59. The second kappa shape index (κ2) is 6.37. The minimum atomic E-state index is -0.122. The normalized spacial score (nSPS) is 15.9. The van der Waals surface area contributed by atoms with Gasteiger partial charge in [-0.1, -0.05) is 23.7 Å². The van der Waals surface area contributed by atoms with E-state index >= 15 is 0 Å². The summed E-state index contributed by atoms with van der Waals surface area (Å²) in [7, 11) is 0. The number of rotatable bonds is 3. The highest BCUT2D eigenvalue weighted by atomic mass is 35.5. The highest BCUT2D eigenvalue weighted by molar-refractivity contribution is 6.30. The Morgan fingerprint density at radius 3 is 2.96 bits per heavy atom. The van der Waals surface area contributed by atoms with Crippen LogP contribution in [0, 0.1) is 0 Å². The molecular weight excluding hydrogens is 328 g/mol. The van der Waals surface area contributed by atoms with Gasteiger partial charge in [0.05, 0.1) is 0 Å². The van der Waals surface area contributed by atoms with E-state index in [0.717, 1.165) is 29.7 Å². The molecule has 2 aromatic heterocycles. The van der Waals surface area contributed by atoms with Gasteiger partial charge in [0.25, 0.3) is 5.56 Å². The third-order valence-electron chi connectivity index (χ3n) is 4.47. The monoisotopic (exact) mass is 344 g/mol. The summed E-state index contributed by atoms with van der Waals surface area (Å²) in [4.78, 5) is 20.4. The van der Waals surface area contributed by atoms with E-state index in [1.54, 1.807) is 0 Å². The Balaban J connectivity index is 1.84. The summed E-state index contributed by atoms with van der Waals surface area (Å²) < 4.78 is 6.78. The van der Waals surface area contributed by atoms with Gasteiger partial charge in [0, 0.05) is 41.8 Å². The van der Waals surface area contributed by atoms with Crippen LogP contribution in [0.15, 0.2) is 35.4 Å². The molecule has 7 heteroatoms. The van der Waals surface area contributed by atoms with Crippen molar-refractivity contribution in [3.8, 4) is 0 Å². The van der Waals surface area contributed by atoms with Gasteiger partial charge in [0.15, 0.2) is 0 Å². The van der Waals surface area contributed by atoms with E-state index in [0.29, 0.717) is 30.4 Å². The third kappa shape index (κ3) is 2.83. The minimum absolute atomic E-state index is 0.122. The van der Waals surface area contributed by atoms with E-state index in [1.807, 2.05) is 24.3 Å². The third-order valence-corrected chi connectivity index (χ3v) is 4.70. The number of hydrogen-bond acceptors (Lipinski definition) is 4. The predicted octanol–water partition coefficient (Wildman–Crippen LogP) is 2.56. The number of aromatic nitrogens is 4. The molecule has 0 spiro atoms. The first-order chi connectivity index (χ1) is 11.7. The van der Waals surface area contributed by atoms with E-state index in [-0.39, 0.29) is 11.5 Å². The number of aromatic amines is 1. The zero-order valence-corrected chi connectivity index (χ0v) is 13.8. The summed E-state index contributed by atoms with van der Waals surface area (Å²) in [6.45, 7) is 1.42. The van der Waals surface area contributed by atoms with E-state index in [9.17, 15) is 4.79 Å². The predicted molar refractivity (Wildman–Crippen MR) is 90.7 cm³/mol. The van der Waals surface area contributed by atoms with Crippen LogP contribution in [0.2, 0.25) is 5.02 Å². The molecule has 0 saturated carbocycles. The maximum atomic E-state index is 12.9. The van der Waals surface area contributed by atoms with Crippen molar-refractivity contribution in [2.45, 2.75) is 25.2 Å². The van der Waals surface area contributed by atoms with Crippen LogP contribution in [0.3, 0.4) is 0 Å². The number of benzene rings is 1. The molecular formula is C17H17ClN4O2. The molecule has 1 saturated heterocycles. The second-order valence-electron chi connectivity index (χ2n) is 6.01. The zero-order chi connectivity index (χ0) is 16.5. The molecule has 124 valence electrons. The van der Waals surface area contributed by atoms with E-state index in [4.69, 9.17) is 16.3 Å². The molecule has 0 aliphatic carbocycles. The number of fused-ring (bicyclic) bond motifs is 1. The summed E-state index contributed by atoms with van der Waals surface area (Å²) >= 11 is 6.09. The quantitative estimate of drug-likeness (QED) is 0.792. The Kier molecular flexibility index (Phi) is 4.08. The fraction of sp³-hybridized carbons (Fsp3) is 0.353. The maximum Gasteiger partial charge on any atom is 0.279 e. The average molecular weight is 345 g/mol. The van der Waals surface area contributed by atoms with E-state index in [2.05, 4.69) is 15.1 Å². The first kappa shape index (κ1) is 15.4. The fourth-order valence-corrected chi connectivity index (χ4v) is 3.48. The van der Waals surface area contributed by atoms with Crippen LogP contribution in [-0.4, -0.2) is 32.8 Å². The SMILES string of the molecule is O=c1c(Cc2cccc(Cl)c2)c(C2CCOCC2)[nH]c2ncnn12. The molecule has 0 amide bonds. The van der Waals surface area contributed by atoms with Crippen molar-refractivity contribution in [2.75, 3.05) is 13.2 Å². The molecule has 1 aliphatic heterocycles. The van der Waals surface area contributed by atoms with E-state index in [1.165, 1.54) is 10.8 Å². The van der Waals surface area contributed by atoms with Gasteiger partial charge >= 0.3 is 0 Å². The minimum Gasteiger partial charge on any atom is -0.381 e. The number of nitrogens with one attached hydrogen (secondary N) is 1. The Morgan fingerprint density at radius 1 is 1.33 bits per heavy atom. The van der Waals surface area contributed by atoms with Crippen molar-refractivity contribution in [3.63, 3.8) is 0 Å². The molecule has 0 atom stereocenters. The van der Waals surface area contributed by atoms with E-state index < -0.39 is 0 Å². The lowest BCUT2D eigenvalue weighted by atomic mass is 9.91. The molecule has 24 heavy (non-hydrogen) atoms. The largest absolute Gasteiger partial charge is 0.381 e. The number of halogens is 1. The van der Waals surface area contributed by atoms with Gasteiger partial charge in [-0.3, -0.25) is 4.79 Å². The molecule has 3 heterocycles. The van der Waals surface area contributed by atoms with Crippen LogP contribution < -0.4 is 5.56 Å². The first-order valence-corrected chi connectivity index (χ1v) is 8.37. The average Bonchev–Trinajstić information content (AvgIpc) is 3.07. The van der Waals surface area contributed by atoms with Crippen LogP contribution in [-0.2, 0) is 11.2 Å². The summed E-state index contributed by atoms with van der Waals surface area (Å²) in [5.41, 5.74) is 2.55. The Hall–Kier alpha value is -2.18. The van der Waals surface area contributed by atoms with Crippen molar-refractivity contribution in [1.29, 1.82) is 0 Å². The number of nitrogens with zero attached hydrogens (tertiary/aromatic N) is 3. The number of H-pyrrole nitrogens is 1. The maximum absolute atomic E-state index is 12.9. The highest BCUT2D eigenvalue weighted by Crippen LogP contribution is 2.28. The van der Waals surface area contributed by atoms with Crippen LogP contribution in [0.1, 0.15) is 35.6 Å². The Labute approximate surface area is 143 Å². The van der Waals surface area contributed by atoms with Gasteiger partial charge in [0.2, 0.25) is 5.78 Å². The van der Waals surface area contributed by atoms with Crippen molar-refractivity contribution in [2.24, 2.45) is 0 Å². The van der Waals surface area contributed by atoms with Crippen molar-refractivity contribution >= 4 is 17.4 Å². The molecule has 0 radical (unpaired) electrons. The van der Waals surface area contributed by atoms with Gasteiger partial charge < -0.3 is 9.72 Å².